The lowest BCUT2D eigenvalue weighted by Crippen LogP contribution is -2.07. The van der Waals surface area contributed by atoms with E-state index in [2.05, 4.69) is 13.8 Å². The third-order valence-electron chi connectivity index (χ3n) is 2.31. The molecule has 1 atom stereocenters. The van der Waals surface area contributed by atoms with Crippen molar-refractivity contribution in [2.75, 3.05) is 6.61 Å². The van der Waals surface area contributed by atoms with E-state index in [0.29, 0.717) is 28.9 Å². The topological polar surface area (TPSA) is 26.3 Å². The minimum Gasteiger partial charge on any atom is -0.492 e. The number of benzene rings is 1. The second-order valence-corrected chi connectivity index (χ2v) is 4.04. The molecule has 15 heavy (non-hydrogen) atoms. The Labute approximate surface area is 95.2 Å². The SMILES string of the molecule is CCC(C)COc1ccc(C=O)cc1Cl. The normalized spacial score (nSPS) is 12.2. The van der Waals surface area contributed by atoms with Gasteiger partial charge in [-0.3, -0.25) is 4.79 Å². The minimum absolute atomic E-state index is 0.489. The van der Waals surface area contributed by atoms with Crippen molar-refractivity contribution in [2.45, 2.75) is 20.3 Å². The summed E-state index contributed by atoms with van der Waals surface area (Å²) in [6.07, 6.45) is 1.84. The van der Waals surface area contributed by atoms with E-state index in [1.807, 2.05) is 0 Å². The van der Waals surface area contributed by atoms with Gasteiger partial charge in [0.25, 0.3) is 0 Å². The molecule has 0 aliphatic carbocycles. The van der Waals surface area contributed by atoms with Crippen LogP contribution in [0.2, 0.25) is 5.02 Å². The van der Waals surface area contributed by atoms with Crippen LogP contribution in [0.15, 0.2) is 18.2 Å². The van der Waals surface area contributed by atoms with E-state index < -0.39 is 0 Å². The number of halogens is 1. The summed E-state index contributed by atoms with van der Waals surface area (Å²) in [5.41, 5.74) is 0.566. The van der Waals surface area contributed by atoms with Gasteiger partial charge in [-0.2, -0.15) is 0 Å². The molecule has 0 fully saturated rings. The molecule has 0 bridgehead atoms. The van der Waals surface area contributed by atoms with E-state index in [4.69, 9.17) is 16.3 Å². The van der Waals surface area contributed by atoms with Crippen LogP contribution in [0.4, 0.5) is 0 Å². The van der Waals surface area contributed by atoms with Crippen molar-refractivity contribution in [3.63, 3.8) is 0 Å². The Kier molecular flexibility index (Phi) is 4.63. The number of carbonyl (C=O) groups excluding carboxylic acids is 1. The predicted molar refractivity (Wildman–Crippen MR) is 61.8 cm³/mol. The van der Waals surface area contributed by atoms with Crippen molar-refractivity contribution in [2.24, 2.45) is 5.92 Å². The number of carbonyl (C=O) groups is 1. The fraction of sp³-hybridized carbons (Fsp3) is 0.417. The summed E-state index contributed by atoms with van der Waals surface area (Å²) < 4.78 is 5.54. The van der Waals surface area contributed by atoms with E-state index in [1.54, 1.807) is 18.2 Å². The third-order valence-corrected chi connectivity index (χ3v) is 2.61. The molecule has 1 aromatic rings. The average Bonchev–Trinajstić information content (AvgIpc) is 2.26. The van der Waals surface area contributed by atoms with Gasteiger partial charge in [-0.15, -0.1) is 0 Å². The lowest BCUT2D eigenvalue weighted by molar-refractivity contribution is 0.112. The Hall–Kier alpha value is -1.02. The molecule has 0 spiro atoms. The summed E-state index contributed by atoms with van der Waals surface area (Å²) in [5, 5.41) is 0.489. The molecule has 0 heterocycles. The summed E-state index contributed by atoms with van der Waals surface area (Å²) >= 11 is 5.95. The zero-order valence-electron chi connectivity index (χ0n) is 9.00. The van der Waals surface area contributed by atoms with Crippen molar-refractivity contribution < 1.29 is 9.53 Å². The lowest BCUT2D eigenvalue weighted by atomic mass is 10.1. The average molecular weight is 227 g/mol. The van der Waals surface area contributed by atoms with Gasteiger partial charge in [0.15, 0.2) is 0 Å². The fourth-order valence-electron chi connectivity index (χ4n) is 1.06. The van der Waals surface area contributed by atoms with Crippen LogP contribution in [0.25, 0.3) is 0 Å². The monoisotopic (exact) mass is 226 g/mol. The first kappa shape index (κ1) is 12.1. The van der Waals surface area contributed by atoms with Gasteiger partial charge in [0.2, 0.25) is 0 Å². The fourth-order valence-corrected chi connectivity index (χ4v) is 1.30. The lowest BCUT2D eigenvalue weighted by Gasteiger charge is -2.12. The number of aldehydes is 1. The van der Waals surface area contributed by atoms with Gasteiger partial charge in [-0.25, -0.2) is 0 Å². The maximum absolute atomic E-state index is 10.5. The molecule has 0 aliphatic rings. The van der Waals surface area contributed by atoms with Crippen LogP contribution in [-0.4, -0.2) is 12.9 Å². The van der Waals surface area contributed by atoms with Gasteiger partial charge >= 0.3 is 0 Å². The quantitative estimate of drug-likeness (QED) is 0.718. The Balaban J connectivity index is 2.65. The first-order valence-corrected chi connectivity index (χ1v) is 5.42. The van der Waals surface area contributed by atoms with Crippen molar-refractivity contribution in [3.8, 4) is 5.75 Å². The summed E-state index contributed by atoms with van der Waals surface area (Å²) in [4.78, 5) is 10.5. The Morgan fingerprint density at radius 3 is 2.80 bits per heavy atom. The van der Waals surface area contributed by atoms with E-state index in [-0.39, 0.29) is 0 Å². The molecule has 1 rings (SSSR count). The Bertz CT molecular complexity index is 336. The van der Waals surface area contributed by atoms with Crippen LogP contribution >= 0.6 is 11.6 Å². The van der Waals surface area contributed by atoms with Crippen LogP contribution in [0.1, 0.15) is 30.6 Å². The molecule has 0 saturated carbocycles. The molecule has 3 heteroatoms. The van der Waals surface area contributed by atoms with Crippen LogP contribution < -0.4 is 4.74 Å². The van der Waals surface area contributed by atoms with E-state index in [1.165, 1.54) is 0 Å². The van der Waals surface area contributed by atoms with Gasteiger partial charge in [-0.1, -0.05) is 31.9 Å². The number of rotatable bonds is 5. The first-order valence-electron chi connectivity index (χ1n) is 5.05. The highest BCUT2D eigenvalue weighted by Crippen LogP contribution is 2.25. The van der Waals surface area contributed by atoms with Crippen LogP contribution in [0.3, 0.4) is 0 Å². The third kappa shape index (κ3) is 3.56. The summed E-state index contributed by atoms with van der Waals surface area (Å²) in [7, 11) is 0. The summed E-state index contributed by atoms with van der Waals surface area (Å²) in [6.45, 7) is 4.88. The minimum atomic E-state index is 0.489. The molecule has 0 amide bonds. The van der Waals surface area contributed by atoms with Crippen molar-refractivity contribution in [1.82, 2.24) is 0 Å². The molecule has 0 saturated heterocycles. The van der Waals surface area contributed by atoms with Gasteiger partial charge in [0.1, 0.15) is 12.0 Å². The Morgan fingerprint density at radius 2 is 2.27 bits per heavy atom. The zero-order chi connectivity index (χ0) is 11.3. The van der Waals surface area contributed by atoms with Crippen LogP contribution in [-0.2, 0) is 0 Å². The van der Waals surface area contributed by atoms with E-state index in [9.17, 15) is 4.79 Å². The molecule has 1 aromatic carbocycles. The van der Waals surface area contributed by atoms with Gasteiger partial charge in [0.05, 0.1) is 11.6 Å². The van der Waals surface area contributed by atoms with E-state index in [0.717, 1.165) is 12.7 Å². The van der Waals surface area contributed by atoms with Crippen molar-refractivity contribution >= 4 is 17.9 Å². The molecule has 2 nitrogen and oxygen atoms in total. The van der Waals surface area contributed by atoms with Crippen molar-refractivity contribution in [3.05, 3.63) is 28.8 Å². The summed E-state index contributed by atoms with van der Waals surface area (Å²) in [5.74, 6) is 1.15. The second kappa shape index (κ2) is 5.76. The molecular formula is C12H15ClO2. The predicted octanol–water partition coefficient (Wildman–Crippen LogP) is 3.58. The molecule has 0 radical (unpaired) electrons. The van der Waals surface area contributed by atoms with E-state index >= 15 is 0 Å². The Morgan fingerprint density at radius 1 is 1.53 bits per heavy atom. The van der Waals surface area contributed by atoms with Gasteiger partial charge in [-0.05, 0) is 24.1 Å². The van der Waals surface area contributed by atoms with Crippen LogP contribution in [0.5, 0.6) is 5.75 Å². The van der Waals surface area contributed by atoms with Crippen LogP contribution in [0, 0.1) is 5.92 Å². The van der Waals surface area contributed by atoms with Gasteiger partial charge in [0, 0.05) is 5.56 Å². The van der Waals surface area contributed by atoms with Gasteiger partial charge < -0.3 is 4.74 Å². The first-order chi connectivity index (χ1) is 7.17. The smallest absolute Gasteiger partial charge is 0.150 e. The highest BCUT2D eigenvalue weighted by Gasteiger charge is 2.05. The standard InChI is InChI=1S/C12H15ClO2/c1-3-9(2)8-15-12-5-4-10(7-14)6-11(12)13/h4-7,9H,3,8H2,1-2H3. The molecular weight excluding hydrogens is 212 g/mol. The highest BCUT2D eigenvalue weighted by atomic mass is 35.5. The highest BCUT2D eigenvalue weighted by molar-refractivity contribution is 6.32. The molecule has 0 aliphatic heterocycles. The maximum atomic E-state index is 10.5. The maximum Gasteiger partial charge on any atom is 0.150 e. The largest absolute Gasteiger partial charge is 0.492 e. The summed E-state index contributed by atoms with van der Waals surface area (Å²) in [6, 6.07) is 5.04. The number of ether oxygens (including phenoxy) is 1. The molecule has 0 aromatic heterocycles. The zero-order valence-corrected chi connectivity index (χ0v) is 9.75. The molecule has 1 unspecified atom stereocenters. The van der Waals surface area contributed by atoms with Crippen molar-refractivity contribution in [1.29, 1.82) is 0 Å². The molecule has 82 valence electrons. The number of hydrogen-bond donors (Lipinski definition) is 0. The molecule has 0 N–H and O–H groups in total. The second-order valence-electron chi connectivity index (χ2n) is 3.63. The number of hydrogen-bond acceptors (Lipinski definition) is 2.